The van der Waals surface area contributed by atoms with Crippen LogP contribution in [-0.2, 0) is 9.53 Å². The van der Waals surface area contributed by atoms with Gasteiger partial charge in [0, 0.05) is 6.42 Å². The number of ether oxygens (including phenoxy) is 1. The van der Waals surface area contributed by atoms with Crippen molar-refractivity contribution < 1.29 is 9.53 Å². The van der Waals surface area contributed by atoms with E-state index in [1.165, 1.54) is 25.9 Å². The second kappa shape index (κ2) is 5.97. The SMILES string of the molecule is CCOC(=O)CCCN1CCCC1. The largest absolute Gasteiger partial charge is 0.466 e. The molecule has 1 heterocycles. The van der Waals surface area contributed by atoms with E-state index in [0.717, 1.165) is 13.0 Å². The Morgan fingerprint density at radius 2 is 2.08 bits per heavy atom. The van der Waals surface area contributed by atoms with E-state index in [9.17, 15) is 4.79 Å². The van der Waals surface area contributed by atoms with Gasteiger partial charge in [0.1, 0.15) is 0 Å². The monoisotopic (exact) mass is 185 g/mol. The van der Waals surface area contributed by atoms with Crippen LogP contribution in [0.3, 0.4) is 0 Å². The van der Waals surface area contributed by atoms with Crippen LogP contribution >= 0.6 is 0 Å². The highest BCUT2D eigenvalue weighted by atomic mass is 16.5. The molecule has 1 rings (SSSR count). The normalized spacial score (nSPS) is 17.6. The molecule has 13 heavy (non-hydrogen) atoms. The smallest absolute Gasteiger partial charge is 0.305 e. The van der Waals surface area contributed by atoms with Crippen molar-refractivity contribution in [3.05, 3.63) is 0 Å². The van der Waals surface area contributed by atoms with Crippen LogP contribution in [0.2, 0.25) is 0 Å². The first kappa shape index (κ1) is 10.5. The van der Waals surface area contributed by atoms with E-state index in [-0.39, 0.29) is 5.97 Å². The van der Waals surface area contributed by atoms with Gasteiger partial charge in [-0.05, 0) is 45.8 Å². The molecule has 0 spiro atoms. The molecule has 0 aromatic heterocycles. The van der Waals surface area contributed by atoms with Crippen LogP contribution in [-0.4, -0.2) is 37.1 Å². The second-order valence-corrected chi connectivity index (χ2v) is 3.46. The average molecular weight is 185 g/mol. The van der Waals surface area contributed by atoms with Gasteiger partial charge in [0.05, 0.1) is 6.61 Å². The standard InChI is InChI=1S/C10H19NO2/c1-2-13-10(12)6-5-9-11-7-3-4-8-11/h2-9H2,1H3. The Balaban J connectivity index is 1.96. The Hall–Kier alpha value is -0.570. The minimum absolute atomic E-state index is 0.0540. The molecule has 0 amide bonds. The minimum Gasteiger partial charge on any atom is -0.466 e. The van der Waals surface area contributed by atoms with Crippen molar-refractivity contribution in [2.45, 2.75) is 32.6 Å². The number of hydrogen-bond donors (Lipinski definition) is 0. The summed E-state index contributed by atoms with van der Waals surface area (Å²) in [6.45, 7) is 5.82. The molecule has 3 heteroatoms. The molecule has 0 bridgehead atoms. The zero-order chi connectivity index (χ0) is 9.52. The molecule has 1 aliphatic rings. The van der Waals surface area contributed by atoms with Gasteiger partial charge in [-0.25, -0.2) is 0 Å². The summed E-state index contributed by atoms with van der Waals surface area (Å²) in [5.74, 6) is -0.0540. The Kier molecular flexibility index (Phi) is 4.83. The number of rotatable bonds is 5. The zero-order valence-electron chi connectivity index (χ0n) is 8.42. The van der Waals surface area contributed by atoms with Crippen molar-refractivity contribution in [2.75, 3.05) is 26.2 Å². The summed E-state index contributed by atoms with van der Waals surface area (Å²) in [7, 11) is 0. The van der Waals surface area contributed by atoms with Crippen LogP contribution in [0.1, 0.15) is 32.6 Å². The van der Waals surface area contributed by atoms with Crippen LogP contribution in [0.5, 0.6) is 0 Å². The maximum Gasteiger partial charge on any atom is 0.305 e. The second-order valence-electron chi connectivity index (χ2n) is 3.46. The lowest BCUT2D eigenvalue weighted by Crippen LogP contribution is -2.21. The minimum atomic E-state index is -0.0540. The van der Waals surface area contributed by atoms with Crippen molar-refractivity contribution in [3.63, 3.8) is 0 Å². The van der Waals surface area contributed by atoms with Crippen molar-refractivity contribution in [1.29, 1.82) is 0 Å². The van der Waals surface area contributed by atoms with E-state index < -0.39 is 0 Å². The van der Waals surface area contributed by atoms with Crippen LogP contribution in [0.4, 0.5) is 0 Å². The molecule has 76 valence electrons. The Bertz CT molecular complexity index is 153. The fraction of sp³-hybridized carbons (Fsp3) is 0.900. The predicted octanol–water partition coefficient (Wildman–Crippen LogP) is 1.43. The summed E-state index contributed by atoms with van der Waals surface area (Å²) in [6, 6.07) is 0. The van der Waals surface area contributed by atoms with Gasteiger partial charge in [-0.15, -0.1) is 0 Å². The lowest BCUT2D eigenvalue weighted by molar-refractivity contribution is -0.143. The highest BCUT2D eigenvalue weighted by molar-refractivity contribution is 5.69. The molecule has 0 aromatic carbocycles. The molecular formula is C10H19NO2. The molecule has 0 N–H and O–H groups in total. The maximum absolute atomic E-state index is 11.0. The molecule has 1 fully saturated rings. The maximum atomic E-state index is 11.0. The number of carbonyl (C=O) groups is 1. The first-order valence-corrected chi connectivity index (χ1v) is 5.21. The number of nitrogens with zero attached hydrogens (tertiary/aromatic N) is 1. The first-order chi connectivity index (χ1) is 6.33. The molecule has 0 radical (unpaired) electrons. The predicted molar refractivity (Wildman–Crippen MR) is 51.5 cm³/mol. The highest BCUT2D eigenvalue weighted by Gasteiger charge is 2.11. The third-order valence-corrected chi connectivity index (χ3v) is 2.36. The van der Waals surface area contributed by atoms with E-state index in [1.54, 1.807) is 0 Å². The quantitative estimate of drug-likeness (QED) is 0.607. The fourth-order valence-corrected chi connectivity index (χ4v) is 1.69. The van der Waals surface area contributed by atoms with Gasteiger partial charge >= 0.3 is 5.97 Å². The van der Waals surface area contributed by atoms with Crippen LogP contribution in [0.15, 0.2) is 0 Å². The van der Waals surface area contributed by atoms with Crippen LogP contribution in [0, 0.1) is 0 Å². The fourth-order valence-electron chi connectivity index (χ4n) is 1.69. The van der Waals surface area contributed by atoms with Crippen molar-refractivity contribution >= 4 is 5.97 Å². The molecule has 0 saturated carbocycles. The Morgan fingerprint density at radius 1 is 1.38 bits per heavy atom. The molecule has 3 nitrogen and oxygen atoms in total. The summed E-state index contributed by atoms with van der Waals surface area (Å²) in [5.41, 5.74) is 0. The van der Waals surface area contributed by atoms with Gasteiger partial charge < -0.3 is 9.64 Å². The summed E-state index contributed by atoms with van der Waals surface area (Å²) >= 11 is 0. The first-order valence-electron chi connectivity index (χ1n) is 5.21. The molecule has 0 unspecified atom stereocenters. The van der Waals surface area contributed by atoms with Crippen LogP contribution in [0.25, 0.3) is 0 Å². The van der Waals surface area contributed by atoms with E-state index in [0.29, 0.717) is 13.0 Å². The number of hydrogen-bond acceptors (Lipinski definition) is 3. The zero-order valence-corrected chi connectivity index (χ0v) is 8.42. The van der Waals surface area contributed by atoms with E-state index in [4.69, 9.17) is 4.74 Å². The third kappa shape index (κ3) is 4.27. The van der Waals surface area contributed by atoms with Crippen molar-refractivity contribution in [3.8, 4) is 0 Å². The Morgan fingerprint density at radius 3 is 2.69 bits per heavy atom. The molecule has 1 aliphatic heterocycles. The molecule has 0 aromatic rings. The van der Waals surface area contributed by atoms with E-state index in [2.05, 4.69) is 4.90 Å². The highest BCUT2D eigenvalue weighted by Crippen LogP contribution is 2.08. The summed E-state index contributed by atoms with van der Waals surface area (Å²) in [5, 5.41) is 0. The van der Waals surface area contributed by atoms with E-state index in [1.807, 2.05) is 6.92 Å². The summed E-state index contributed by atoms with van der Waals surface area (Å²) < 4.78 is 4.85. The topological polar surface area (TPSA) is 29.5 Å². The third-order valence-electron chi connectivity index (χ3n) is 2.36. The van der Waals surface area contributed by atoms with Gasteiger partial charge in [0.15, 0.2) is 0 Å². The number of carbonyl (C=O) groups excluding carboxylic acids is 1. The molecule has 0 aliphatic carbocycles. The Labute approximate surface area is 80.1 Å². The van der Waals surface area contributed by atoms with Gasteiger partial charge in [0.2, 0.25) is 0 Å². The molecule has 0 atom stereocenters. The van der Waals surface area contributed by atoms with Gasteiger partial charge in [0.25, 0.3) is 0 Å². The van der Waals surface area contributed by atoms with E-state index >= 15 is 0 Å². The summed E-state index contributed by atoms with van der Waals surface area (Å²) in [4.78, 5) is 13.4. The number of esters is 1. The molecule has 1 saturated heterocycles. The van der Waals surface area contributed by atoms with Crippen molar-refractivity contribution in [2.24, 2.45) is 0 Å². The van der Waals surface area contributed by atoms with Crippen LogP contribution < -0.4 is 0 Å². The average Bonchev–Trinajstić information content (AvgIpc) is 2.57. The van der Waals surface area contributed by atoms with Gasteiger partial charge in [-0.2, -0.15) is 0 Å². The van der Waals surface area contributed by atoms with Crippen molar-refractivity contribution in [1.82, 2.24) is 4.90 Å². The lowest BCUT2D eigenvalue weighted by atomic mass is 10.3. The van der Waals surface area contributed by atoms with Gasteiger partial charge in [-0.1, -0.05) is 0 Å². The lowest BCUT2D eigenvalue weighted by Gasteiger charge is -2.13. The summed E-state index contributed by atoms with van der Waals surface area (Å²) in [6.07, 6.45) is 4.15. The molecular weight excluding hydrogens is 166 g/mol. The number of likely N-dealkylation sites (tertiary alicyclic amines) is 1. The van der Waals surface area contributed by atoms with Gasteiger partial charge in [-0.3, -0.25) is 4.79 Å².